The van der Waals surface area contributed by atoms with Gasteiger partial charge >= 0.3 is 12.1 Å². The number of hydrogen-bond donors (Lipinski definition) is 0. The Morgan fingerprint density at radius 3 is 2.12 bits per heavy atom. The summed E-state index contributed by atoms with van der Waals surface area (Å²) < 4.78 is 4.81. The molecule has 1 aromatic carbocycles. The predicted molar refractivity (Wildman–Crippen MR) is 97.5 cm³/mol. The van der Waals surface area contributed by atoms with Crippen molar-refractivity contribution in [2.75, 3.05) is 6.61 Å². The molecular weight excluding hydrogens is 336 g/mol. The van der Waals surface area contributed by atoms with Gasteiger partial charge in [0.05, 0.1) is 17.2 Å². The molecule has 146 valence electrons. The summed E-state index contributed by atoms with van der Waals surface area (Å²) in [7, 11) is 0. The smallest absolute Gasteiger partial charge is 0.432 e. The number of hydrogen-bond acceptors (Lipinski definition) is 6. The summed E-state index contributed by atoms with van der Waals surface area (Å²) in [5, 5.41) is 4.20. The van der Waals surface area contributed by atoms with Crippen LogP contribution in [0.3, 0.4) is 0 Å². The van der Waals surface area contributed by atoms with Crippen LogP contribution in [0.25, 0.3) is 0 Å². The van der Waals surface area contributed by atoms with E-state index in [1.165, 1.54) is 19.3 Å². The summed E-state index contributed by atoms with van der Waals surface area (Å²) in [6.07, 6.45) is 5.45. The molecule has 0 aliphatic carbocycles. The van der Waals surface area contributed by atoms with Gasteiger partial charge in [-0.25, -0.2) is 14.5 Å². The molecule has 0 atom stereocenters. The fraction of sp³-hybridized carbons (Fsp3) is 0.600. The van der Waals surface area contributed by atoms with Crippen molar-refractivity contribution in [2.45, 2.75) is 71.6 Å². The maximum atomic E-state index is 11.8. The van der Waals surface area contributed by atoms with Gasteiger partial charge in [0, 0.05) is 0 Å². The highest BCUT2D eigenvalue weighted by molar-refractivity contribution is 5.88. The third-order valence-corrected chi connectivity index (χ3v) is 3.92. The molecule has 0 amide bonds. The molecule has 26 heavy (non-hydrogen) atoms. The Bertz CT molecular complexity index is 544. The van der Waals surface area contributed by atoms with Gasteiger partial charge in [-0.1, -0.05) is 71.9 Å². The van der Waals surface area contributed by atoms with E-state index in [0.717, 1.165) is 24.8 Å². The third kappa shape index (κ3) is 8.85. The highest BCUT2D eigenvalue weighted by Crippen LogP contribution is 2.22. The first-order valence-corrected chi connectivity index (χ1v) is 9.17. The Hall–Kier alpha value is -2.08. The lowest BCUT2D eigenvalue weighted by Gasteiger charge is -2.18. The normalized spacial score (nSPS) is 11.1. The highest BCUT2D eigenvalue weighted by atomic mass is 17.5. The number of benzene rings is 1. The summed E-state index contributed by atoms with van der Waals surface area (Å²) in [4.78, 5) is 31.8. The van der Waals surface area contributed by atoms with E-state index in [4.69, 9.17) is 4.74 Å². The number of carbonyl (C=O) groups excluding carboxylic acids is 2. The molecule has 1 aromatic rings. The van der Waals surface area contributed by atoms with Gasteiger partial charge in [0.25, 0.3) is 0 Å². The van der Waals surface area contributed by atoms with Crippen molar-refractivity contribution in [3.63, 3.8) is 0 Å². The van der Waals surface area contributed by atoms with E-state index in [2.05, 4.69) is 42.5 Å². The van der Waals surface area contributed by atoms with Gasteiger partial charge in [0.2, 0.25) is 0 Å². The van der Waals surface area contributed by atoms with Crippen molar-refractivity contribution < 1.29 is 29.1 Å². The number of rotatable bonds is 10. The predicted octanol–water partition coefficient (Wildman–Crippen LogP) is 5.50. The van der Waals surface area contributed by atoms with Gasteiger partial charge in [-0.3, -0.25) is 4.89 Å². The lowest BCUT2D eigenvalue weighted by atomic mass is 9.87. The molecule has 0 heterocycles. The zero-order valence-electron chi connectivity index (χ0n) is 16.2. The van der Waals surface area contributed by atoms with Crippen LogP contribution in [0.2, 0.25) is 0 Å². The molecule has 0 spiro atoms. The number of ether oxygens (including phenoxy) is 1. The van der Waals surface area contributed by atoms with Crippen LogP contribution >= 0.6 is 0 Å². The molecule has 0 aliphatic rings. The van der Waals surface area contributed by atoms with Crippen molar-refractivity contribution in [1.82, 2.24) is 0 Å². The topological polar surface area (TPSA) is 71.1 Å². The SMILES string of the molecule is CCCCCCCCOC(=O)OOOC(=O)c1ccc(C(C)(C)C)cc1. The molecule has 6 nitrogen and oxygen atoms in total. The number of unbranched alkanes of at least 4 members (excludes halogenated alkanes) is 5. The van der Waals surface area contributed by atoms with Gasteiger partial charge in [0.15, 0.2) is 0 Å². The second-order valence-corrected chi connectivity index (χ2v) is 7.22. The molecule has 0 unspecified atom stereocenters. The molecule has 0 fully saturated rings. The first-order chi connectivity index (χ1) is 12.3. The van der Waals surface area contributed by atoms with E-state index in [1.807, 2.05) is 12.1 Å². The standard InChI is InChI=1S/C20H30O6/c1-5-6-7-8-9-10-15-23-19(22)25-26-24-18(21)16-11-13-17(14-12-16)20(2,3)4/h11-14H,5-10,15H2,1-4H3. The minimum absolute atomic E-state index is 0.0121. The van der Waals surface area contributed by atoms with Gasteiger partial charge in [-0.05, 0) is 29.5 Å². The second-order valence-electron chi connectivity index (χ2n) is 7.22. The van der Waals surface area contributed by atoms with E-state index < -0.39 is 12.1 Å². The van der Waals surface area contributed by atoms with Crippen molar-refractivity contribution in [2.24, 2.45) is 0 Å². The van der Waals surface area contributed by atoms with Crippen molar-refractivity contribution >= 4 is 12.1 Å². The van der Waals surface area contributed by atoms with Crippen LogP contribution in [0.1, 0.15) is 82.1 Å². The zero-order chi connectivity index (χ0) is 19.4. The minimum atomic E-state index is -1.03. The minimum Gasteiger partial charge on any atom is -0.432 e. The first-order valence-electron chi connectivity index (χ1n) is 9.17. The third-order valence-electron chi connectivity index (χ3n) is 3.92. The fourth-order valence-electron chi connectivity index (χ4n) is 2.29. The average Bonchev–Trinajstić information content (AvgIpc) is 2.60. The summed E-state index contributed by atoms with van der Waals surface area (Å²) in [5.41, 5.74) is 1.37. The Kier molecular flexibility index (Phi) is 9.73. The monoisotopic (exact) mass is 366 g/mol. The maximum absolute atomic E-state index is 11.8. The van der Waals surface area contributed by atoms with Crippen molar-refractivity contribution in [1.29, 1.82) is 0 Å². The fourth-order valence-corrected chi connectivity index (χ4v) is 2.29. The molecule has 0 aliphatic heterocycles. The van der Waals surface area contributed by atoms with E-state index >= 15 is 0 Å². The van der Waals surface area contributed by atoms with Crippen LogP contribution in [-0.4, -0.2) is 18.7 Å². The highest BCUT2D eigenvalue weighted by Gasteiger charge is 2.16. The molecular formula is C20H30O6. The molecule has 0 saturated carbocycles. The summed E-state index contributed by atoms with van der Waals surface area (Å²) in [6.45, 7) is 8.64. The average molecular weight is 366 g/mol. The van der Waals surface area contributed by atoms with E-state index in [9.17, 15) is 9.59 Å². The van der Waals surface area contributed by atoms with Gasteiger partial charge in [-0.2, -0.15) is 0 Å². The summed E-state index contributed by atoms with van der Waals surface area (Å²) in [5.74, 6) is -0.755. The van der Waals surface area contributed by atoms with Crippen LogP contribution in [-0.2, 0) is 25.0 Å². The van der Waals surface area contributed by atoms with Gasteiger partial charge in [0.1, 0.15) is 0 Å². The molecule has 1 rings (SSSR count). The van der Waals surface area contributed by atoms with Crippen LogP contribution in [0.5, 0.6) is 0 Å². The van der Waals surface area contributed by atoms with E-state index in [0.29, 0.717) is 5.56 Å². The van der Waals surface area contributed by atoms with Crippen LogP contribution in [0, 0.1) is 0 Å². The second kappa shape index (κ2) is 11.5. The zero-order valence-corrected chi connectivity index (χ0v) is 16.2. The summed E-state index contributed by atoms with van der Waals surface area (Å²) in [6, 6.07) is 6.94. The number of carbonyl (C=O) groups is 2. The quantitative estimate of drug-likeness (QED) is 0.236. The van der Waals surface area contributed by atoms with Gasteiger partial charge in [-0.15, -0.1) is 0 Å². The van der Waals surface area contributed by atoms with Gasteiger partial charge < -0.3 is 4.74 Å². The maximum Gasteiger partial charge on any atom is 0.543 e. The van der Waals surface area contributed by atoms with Crippen LogP contribution in [0.15, 0.2) is 24.3 Å². The van der Waals surface area contributed by atoms with E-state index in [1.54, 1.807) is 12.1 Å². The lowest BCUT2D eigenvalue weighted by Crippen LogP contribution is -2.14. The van der Waals surface area contributed by atoms with Crippen molar-refractivity contribution in [3.05, 3.63) is 35.4 Å². The Labute approximate surface area is 155 Å². The summed E-state index contributed by atoms with van der Waals surface area (Å²) >= 11 is 0. The molecule has 0 N–H and O–H groups in total. The van der Waals surface area contributed by atoms with E-state index in [-0.39, 0.29) is 12.0 Å². The molecule has 0 aromatic heterocycles. The molecule has 0 radical (unpaired) electrons. The largest absolute Gasteiger partial charge is 0.543 e. The Morgan fingerprint density at radius 1 is 0.885 bits per heavy atom. The molecule has 0 saturated heterocycles. The Morgan fingerprint density at radius 2 is 1.50 bits per heavy atom. The lowest BCUT2D eigenvalue weighted by molar-refractivity contribution is -0.452. The first kappa shape index (κ1) is 22.0. The molecule has 0 bridgehead atoms. The van der Waals surface area contributed by atoms with Crippen molar-refractivity contribution in [3.8, 4) is 0 Å². The molecule has 6 heteroatoms. The Balaban J connectivity index is 2.18. The van der Waals surface area contributed by atoms with Crippen LogP contribution in [0.4, 0.5) is 4.79 Å². The van der Waals surface area contributed by atoms with Crippen LogP contribution < -0.4 is 0 Å².